The fourth-order valence-corrected chi connectivity index (χ4v) is 8.14. The molecule has 0 aliphatic heterocycles. The minimum absolute atomic E-state index is 0.0215. The number of primary amides is 2. The monoisotopic (exact) mass is 1110 g/mol. The molecule has 0 aliphatic rings. The Kier molecular flexibility index (Phi) is 21.2. The maximum absolute atomic E-state index is 13.9. The number of imidazole rings is 1. The van der Waals surface area contributed by atoms with Crippen molar-refractivity contribution < 1.29 is 62.3 Å². The second kappa shape index (κ2) is 28.1. The lowest BCUT2D eigenvalue weighted by Crippen LogP contribution is -2.27. The number of anilines is 1. The summed E-state index contributed by atoms with van der Waals surface area (Å²) in [5.41, 5.74) is 20.8. The number of hydrogen-bond acceptors (Lipinski definition) is 18. The van der Waals surface area contributed by atoms with Crippen LogP contribution in [-0.2, 0) is 53.0 Å². The zero-order chi connectivity index (χ0) is 58.1. The quantitative estimate of drug-likeness (QED) is 0.0150. The number of carboxylic acid groups (broad SMARTS) is 1. The summed E-state index contributed by atoms with van der Waals surface area (Å²) < 4.78 is 39.8. The Balaban J connectivity index is 1.35. The minimum atomic E-state index is -1.08. The number of aromatic nitrogens is 7. The molecule has 0 atom stereocenters. The number of benzene rings is 2. The van der Waals surface area contributed by atoms with E-state index in [-0.39, 0.29) is 132 Å². The van der Waals surface area contributed by atoms with Crippen LogP contribution in [0.2, 0.25) is 0 Å². The molecule has 6 rings (SSSR count). The fourth-order valence-electron chi connectivity index (χ4n) is 8.14. The third kappa shape index (κ3) is 16.6. The number of aliphatic carboxylic acids is 1. The lowest BCUT2D eigenvalue weighted by Gasteiger charge is -2.19. The van der Waals surface area contributed by atoms with Gasteiger partial charge in [0.15, 0.2) is 5.82 Å². The number of hydrogen-bond donors (Lipinski definition) is 6. The third-order valence-electron chi connectivity index (χ3n) is 11.5. The molecule has 0 unspecified atom stereocenters. The summed E-state index contributed by atoms with van der Waals surface area (Å²) >= 11 is 0. The predicted molar refractivity (Wildman–Crippen MR) is 296 cm³/mol. The number of fused-ring (bicyclic) bond motifs is 4. The molecule has 4 heterocycles. The molecule has 0 saturated heterocycles. The van der Waals surface area contributed by atoms with Gasteiger partial charge in [0.05, 0.1) is 69.2 Å². The largest absolute Gasteiger partial charge is 0.491 e. The number of ether oxygens (including phenoxy) is 6. The molecule has 0 aliphatic carbocycles. The zero-order valence-corrected chi connectivity index (χ0v) is 46.0. The van der Waals surface area contributed by atoms with E-state index in [2.05, 4.69) is 20.7 Å². The SMILES string of the molecule is CCN=C(C=C(C)N)C(=O)Nc1nc2cc(C(N)=O)cc(OCCCOC(=O)NCCC(=O)O)c2n1C/C=C/Cn1c2nc(-c3cc(C)nn3CC)ncc2c2cc(C(N)=O)cc(OCCOCCOCCC(=O)OC(C)(C)C)c21. The standard InChI is InChI=1S/C54H69N13O13/c1-8-58-39(25-32(3)55)51(73)63-52-61-38-28-35(48(57)72)30-42(77-18-12-19-79-53(74)59-15-13-43(68)69)46(38)66(52)17-11-10-16-65-45-36(37-31-60-49(62-50(37)65)40-26-33(4)64-67(40)9-2)27-34(47(56)71)29-41(45)78-24-23-76-22-21-75-20-14-44(70)80-54(5,6)7/h10-11,25-31H,8-9,12-24,55H2,1-7H3,(H2,56,71)(H2,57,72)(H,59,74)(H,68,69)(H,61,63,73)/b11-10+,32-25?,58-39?. The first kappa shape index (κ1) is 60.3. The maximum atomic E-state index is 13.9. The molecule has 0 bridgehead atoms. The number of allylic oxidation sites excluding steroid dienone is 3. The molecule has 2 aromatic carbocycles. The Bertz CT molecular complexity index is 3330. The highest BCUT2D eigenvalue weighted by Gasteiger charge is 2.24. The number of aliphatic imine (C=N–C) groups is 1. The van der Waals surface area contributed by atoms with Gasteiger partial charge in [0, 0.05) is 72.9 Å². The highest BCUT2D eigenvalue weighted by Crippen LogP contribution is 2.37. The van der Waals surface area contributed by atoms with E-state index in [0.29, 0.717) is 57.0 Å². The van der Waals surface area contributed by atoms with Gasteiger partial charge in [-0.05, 0) is 84.9 Å². The summed E-state index contributed by atoms with van der Waals surface area (Å²) in [5, 5.41) is 19.9. The van der Waals surface area contributed by atoms with E-state index in [9.17, 15) is 28.8 Å². The van der Waals surface area contributed by atoms with Crippen LogP contribution in [0.1, 0.15) is 87.2 Å². The van der Waals surface area contributed by atoms with Crippen LogP contribution in [0.25, 0.3) is 44.5 Å². The number of rotatable bonds is 30. The summed E-state index contributed by atoms with van der Waals surface area (Å²) in [4.78, 5) is 93.3. The van der Waals surface area contributed by atoms with Crippen molar-refractivity contribution in [3.05, 3.63) is 77.3 Å². The van der Waals surface area contributed by atoms with Crippen LogP contribution in [0.4, 0.5) is 10.7 Å². The zero-order valence-electron chi connectivity index (χ0n) is 46.0. The third-order valence-corrected chi connectivity index (χ3v) is 11.5. The predicted octanol–water partition coefficient (Wildman–Crippen LogP) is 4.96. The molecule has 4 aromatic heterocycles. The Morgan fingerprint density at radius 1 is 0.787 bits per heavy atom. The van der Waals surface area contributed by atoms with Crippen molar-refractivity contribution in [2.75, 3.05) is 64.7 Å². The van der Waals surface area contributed by atoms with Crippen LogP contribution >= 0.6 is 0 Å². The second-order valence-electron chi connectivity index (χ2n) is 19.0. The molecule has 0 spiro atoms. The van der Waals surface area contributed by atoms with Gasteiger partial charge in [-0.2, -0.15) is 5.10 Å². The van der Waals surface area contributed by atoms with Crippen molar-refractivity contribution in [2.24, 2.45) is 22.2 Å². The molecule has 4 amide bonds. The van der Waals surface area contributed by atoms with Crippen LogP contribution in [-0.4, -0.2) is 145 Å². The van der Waals surface area contributed by atoms with Gasteiger partial charge in [-0.3, -0.25) is 39.0 Å². The van der Waals surface area contributed by atoms with Crippen molar-refractivity contribution in [1.82, 2.24) is 39.2 Å². The summed E-state index contributed by atoms with van der Waals surface area (Å²) in [7, 11) is 0. The summed E-state index contributed by atoms with van der Waals surface area (Å²) in [6.45, 7) is 14.2. The topological polar surface area (TPSA) is 359 Å². The first-order valence-electron chi connectivity index (χ1n) is 25.9. The molecular weight excluding hydrogens is 1040 g/mol. The summed E-state index contributed by atoms with van der Waals surface area (Å²) in [5.74, 6) is -2.59. The first-order valence-corrected chi connectivity index (χ1v) is 25.9. The first-order chi connectivity index (χ1) is 38.2. The Labute approximate surface area is 460 Å². The molecule has 0 fully saturated rings. The normalized spacial score (nSPS) is 12.1. The maximum Gasteiger partial charge on any atom is 0.407 e. The van der Waals surface area contributed by atoms with Gasteiger partial charge in [-0.25, -0.2) is 19.7 Å². The average Bonchev–Trinajstić information content (AvgIpc) is 4.29. The number of esters is 1. The van der Waals surface area contributed by atoms with E-state index in [1.807, 2.05) is 36.6 Å². The number of nitrogens with two attached hydrogens (primary N) is 3. The van der Waals surface area contributed by atoms with Crippen LogP contribution in [0.15, 0.2) is 65.4 Å². The number of carbonyl (C=O) groups is 6. The molecule has 9 N–H and O–H groups in total. The van der Waals surface area contributed by atoms with Crippen molar-refractivity contribution in [2.45, 2.75) is 93.0 Å². The van der Waals surface area contributed by atoms with Gasteiger partial charge in [0.2, 0.25) is 17.8 Å². The number of nitrogens with zero attached hydrogens (tertiary/aromatic N) is 8. The van der Waals surface area contributed by atoms with Crippen LogP contribution in [0, 0.1) is 6.92 Å². The molecule has 26 heteroatoms. The van der Waals surface area contributed by atoms with Crippen LogP contribution in [0.5, 0.6) is 11.5 Å². The Morgan fingerprint density at radius 3 is 2.11 bits per heavy atom. The van der Waals surface area contributed by atoms with E-state index in [1.165, 1.54) is 18.2 Å². The van der Waals surface area contributed by atoms with Crippen LogP contribution < -0.4 is 37.3 Å². The van der Waals surface area contributed by atoms with E-state index < -0.39 is 35.4 Å². The highest BCUT2D eigenvalue weighted by atomic mass is 16.6. The molecule has 0 saturated carbocycles. The van der Waals surface area contributed by atoms with E-state index in [1.54, 1.807) is 62.2 Å². The Hall–Kier alpha value is -8.91. The molecule has 6 aromatic rings. The lowest BCUT2D eigenvalue weighted by molar-refractivity contribution is -0.156. The van der Waals surface area contributed by atoms with Crippen molar-refractivity contribution in [1.29, 1.82) is 0 Å². The van der Waals surface area contributed by atoms with Crippen LogP contribution in [0.3, 0.4) is 0 Å². The van der Waals surface area contributed by atoms with E-state index >= 15 is 0 Å². The van der Waals surface area contributed by atoms with Crippen molar-refractivity contribution in [3.8, 4) is 23.0 Å². The number of aryl methyl sites for hydroxylation is 2. The number of carbonyl (C=O) groups excluding carboxylic acids is 5. The van der Waals surface area contributed by atoms with Gasteiger partial charge in [-0.1, -0.05) is 12.2 Å². The molecule has 26 nitrogen and oxygen atoms in total. The molecule has 80 heavy (non-hydrogen) atoms. The molecular formula is C54H69N13O13. The minimum Gasteiger partial charge on any atom is -0.491 e. The number of carboxylic acids is 1. The smallest absolute Gasteiger partial charge is 0.407 e. The Morgan fingerprint density at radius 2 is 1.45 bits per heavy atom. The van der Waals surface area contributed by atoms with E-state index in [4.69, 9.17) is 65.7 Å². The number of nitrogens with one attached hydrogen (secondary N) is 2. The lowest BCUT2D eigenvalue weighted by atomic mass is 10.1. The number of amides is 4. The number of alkyl carbamates (subject to hydrolysis) is 1. The fraction of sp³-hybridized carbons (Fsp3) is 0.426. The van der Waals surface area contributed by atoms with Gasteiger partial charge in [0.25, 0.3) is 5.91 Å². The molecule has 0 radical (unpaired) electrons. The highest BCUT2D eigenvalue weighted by molar-refractivity contribution is 6.47. The van der Waals surface area contributed by atoms with Gasteiger partial charge in [-0.15, -0.1) is 0 Å². The second-order valence-corrected chi connectivity index (χ2v) is 19.0. The van der Waals surface area contributed by atoms with Gasteiger partial charge < -0.3 is 65.2 Å². The average molecular weight is 1110 g/mol. The summed E-state index contributed by atoms with van der Waals surface area (Å²) in [6, 6.07) is 8.02. The van der Waals surface area contributed by atoms with Gasteiger partial charge >= 0.3 is 18.0 Å². The van der Waals surface area contributed by atoms with E-state index in [0.717, 1.165) is 5.69 Å². The molecule has 428 valence electrons. The van der Waals surface area contributed by atoms with Crippen molar-refractivity contribution >= 4 is 80.4 Å². The summed E-state index contributed by atoms with van der Waals surface area (Å²) in [6.07, 6.45) is 6.00. The van der Waals surface area contributed by atoms with Gasteiger partial charge in [0.1, 0.15) is 46.3 Å². The van der Waals surface area contributed by atoms with Crippen molar-refractivity contribution in [3.63, 3.8) is 0 Å².